The first-order valence-corrected chi connectivity index (χ1v) is 10.5. The highest BCUT2D eigenvalue weighted by Gasteiger charge is 2.38. The molecule has 1 N–H and O–H groups in total. The lowest BCUT2D eigenvalue weighted by atomic mass is 10.1. The number of aliphatic carboxylic acids is 1. The van der Waals surface area contributed by atoms with Gasteiger partial charge in [0.05, 0.1) is 31.4 Å². The molecule has 170 valence electrons. The molecular weight excluding hydrogens is 437 g/mol. The van der Waals surface area contributed by atoms with Gasteiger partial charge in [0, 0.05) is 43.8 Å². The number of alkyl halides is 3. The van der Waals surface area contributed by atoms with Crippen molar-refractivity contribution >= 4 is 23.2 Å². The van der Waals surface area contributed by atoms with E-state index in [1.54, 1.807) is 11.3 Å². The molecule has 2 aliphatic rings. The number of hydrogen-bond donors (Lipinski definition) is 1. The Morgan fingerprint density at radius 3 is 2.55 bits per heavy atom. The third-order valence-electron chi connectivity index (χ3n) is 4.94. The van der Waals surface area contributed by atoms with Crippen LogP contribution in [0.25, 0.3) is 0 Å². The van der Waals surface area contributed by atoms with Crippen molar-refractivity contribution in [1.82, 2.24) is 19.6 Å². The molecule has 0 saturated carbocycles. The van der Waals surface area contributed by atoms with Gasteiger partial charge in [0.1, 0.15) is 0 Å². The normalized spacial score (nSPS) is 19.7. The smallest absolute Gasteiger partial charge is 0.475 e. The van der Waals surface area contributed by atoms with Crippen molar-refractivity contribution in [1.29, 1.82) is 0 Å². The number of carboxylic acid groups (broad SMARTS) is 1. The van der Waals surface area contributed by atoms with Gasteiger partial charge in [-0.25, -0.2) is 4.79 Å². The first kappa shape index (κ1) is 23.2. The van der Waals surface area contributed by atoms with Crippen LogP contribution in [0.3, 0.4) is 0 Å². The van der Waals surface area contributed by atoms with Gasteiger partial charge < -0.3 is 14.7 Å². The maximum Gasteiger partial charge on any atom is 0.490 e. The SMILES string of the molecule is O=C(C1CN(Cc2cccs2)Cc2ccnn2C1)N1CCOCC1.O=C(O)C(F)(F)F. The number of aromatic nitrogens is 2. The quantitative estimate of drug-likeness (QED) is 0.755. The Labute approximate surface area is 180 Å². The lowest BCUT2D eigenvalue weighted by Gasteiger charge is -2.31. The lowest BCUT2D eigenvalue weighted by Crippen LogP contribution is -2.46. The molecule has 12 heteroatoms. The van der Waals surface area contributed by atoms with Gasteiger partial charge in [-0.15, -0.1) is 11.3 Å². The van der Waals surface area contributed by atoms with E-state index in [0.29, 0.717) is 32.8 Å². The van der Waals surface area contributed by atoms with Crippen molar-refractivity contribution in [2.24, 2.45) is 5.92 Å². The van der Waals surface area contributed by atoms with Crippen molar-refractivity contribution in [3.63, 3.8) is 0 Å². The van der Waals surface area contributed by atoms with E-state index in [2.05, 4.69) is 33.6 Å². The minimum Gasteiger partial charge on any atom is -0.475 e. The molecule has 2 aliphatic heterocycles. The molecule has 8 nitrogen and oxygen atoms in total. The summed E-state index contributed by atoms with van der Waals surface area (Å²) in [5.41, 5.74) is 1.18. The largest absolute Gasteiger partial charge is 0.490 e. The number of hydrogen-bond acceptors (Lipinski definition) is 6. The minimum atomic E-state index is -5.08. The fourth-order valence-corrected chi connectivity index (χ4v) is 4.22. The van der Waals surface area contributed by atoms with Crippen molar-refractivity contribution in [2.45, 2.75) is 25.8 Å². The number of carbonyl (C=O) groups is 2. The molecule has 2 aromatic heterocycles. The van der Waals surface area contributed by atoms with Gasteiger partial charge >= 0.3 is 12.1 Å². The topological polar surface area (TPSA) is 87.9 Å². The van der Waals surface area contributed by atoms with Crippen LogP contribution >= 0.6 is 11.3 Å². The van der Waals surface area contributed by atoms with Crippen LogP contribution in [-0.2, 0) is 34.0 Å². The number of ether oxygens (including phenoxy) is 1. The Hall–Kier alpha value is -2.44. The second-order valence-corrected chi connectivity index (χ2v) is 8.22. The summed E-state index contributed by atoms with van der Waals surface area (Å²) in [6.07, 6.45) is -3.25. The lowest BCUT2D eigenvalue weighted by molar-refractivity contribution is -0.192. The molecule has 1 saturated heterocycles. The summed E-state index contributed by atoms with van der Waals surface area (Å²) < 4.78 is 39.1. The number of morpholine rings is 1. The molecule has 4 rings (SSSR count). The van der Waals surface area contributed by atoms with Crippen LogP contribution in [0.15, 0.2) is 29.8 Å². The van der Waals surface area contributed by atoms with E-state index in [4.69, 9.17) is 14.6 Å². The van der Waals surface area contributed by atoms with Crippen LogP contribution in [0.5, 0.6) is 0 Å². The molecule has 0 radical (unpaired) electrons. The predicted octanol–water partition coefficient (Wildman–Crippen LogP) is 2.07. The molecule has 1 amide bonds. The first-order valence-electron chi connectivity index (χ1n) is 9.66. The van der Waals surface area contributed by atoms with Crippen molar-refractivity contribution in [3.05, 3.63) is 40.3 Å². The number of fused-ring (bicyclic) bond motifs is 1. The van der Waals surface area contributed by atoms with Gasteiger partial charge in [0.15, 0.2) is 0 Å². The molecule has 1 unspecified atom stereocenters. The highest BCUT2D eigenvalue weighted by Crippen LogP contribution is 2.21. The molecule has 31 heavy (non-hydrogen) atoms. The van der Waals surface area contributed by atoms with E-state index in [9.17, 15) is 18.0 Å². The van der Waals surface area contributed by atoms with Crippen molar-refractivity contribution in [2.75, 3.05) is 32.8 Å². The summed E-state index contributed by atoms with van der Waals surface area (Å²) >= 11 is 1.77. The Morgan fingerprint density at radius 2 is 1.94 bits per heavy atom. The zero-order chi connectivity index (χ0) is 22.4. The number of rotatable bonds is 3. The molecule has 1 fully saturated rings. The van der Waals surface area contributed by atoms with E-state index in [-0.39, 0.29) is 11.8 Å². The van der Waals surface area contributed by atoms with Crippen LogP contribution < -0.4 is 0 Å². The number of nitrogens with zero attached hydrogens (tertiary/aromatic N) is 4. The third-order valence-corrected chi connectivity index (χ3v) is 5.80. The summed E-state index contributed by atoms with van der Waals surface area (Å²) in [7, 11) is 0. The maximum absolute atomic E-state index is 13.0. The fourth-order valence-electron chi connectivity index (χ4n) is 3.47. The number of carbonyl (C=O) groups excluding carboxylic acids is 1. The number of thiophene rings is 1. The Kier molecular flexibility index (Phi) is 7.68. The maximum atomic E-state index is 13.0. The molecule has 0 aliphatic carbocycles. The van der Waals surface area contributed by atoms with E-state index in [1.165, 1.54) is 10.6 Å². The van der Waals surface area contributed by atoms with Gasteiger partial charge in [0.2, 0.25) is 5.91 Å². The summed E-state index contributed by atoms with van der Waals surface area (Å²) in [5, 5.41) is 13.7. The second kappa shape index (κ2) is 10.2. The summed E-state index contributed by atoms with van der Waals surface area (Å²) in [6, 6.07) is 6.30. The highest BCUT2D eigenvalue weighted by atomic mass is 32.1. The molecule has 0 bridgehead atoms. The summed E-state index contributed by atoms with van der Waals surface area (Å²) in [6.45, 7) is 5.85. The summed E-state index contributed by atoms with van der Waals surface area (Å²) in [4.78, 5) is 27.5. The standard InChI is InChI=1S/C17H22N4O2S.C2HF3O2/c22-17(20-5-7-23-8-6-20)14-10-19(13-16-2-1-9-24-16)12-15-3-4-18-21(15)11-14;3-2(4,5)1(6)7/h1-4,9,14H,5-8,10-13H2;(H,6,7). The zero-order valence-electron chi connectivity index (χ0n) is 16.6. The van der Waals surface area contributed by atoms with E-state index >= 15 is 0 Å². The Morgan fingerprint density at radius 1 is 1.23 bits per heavy atom. The van der Waals surface area contributed by atoms with Crippen LogP contribution in [-0.4, -0.2) is 75.6 Å². The molecule has 4 heterocycles. The Bertz CT molecular complexity index is 866. The van der Waals surface area contributed by atoms with Crippen LogP contribution in [0.2, 0.25) is 0 Å². The molecular formula is C19H23F3N4O4S. The molecule has 1 atom stereocenters. The molecule has 2 aromatic rings. The van der Waals surface area contributed by atoms with Gasteiger partial charge in [-0.05, 0) is 17.5 Å². The minimum absolute atomic E-state index is 0.0517. The number of amides is 1. The third kappa shape index (κ3) is 6.52. The monoisotopic (exact) mass is 460 g/mol. The van der Waals surface area contributed by atoms with Crippen LogP contribution in [0.4, 0.5) is 13.2 Å². The highest BCUT2D eigenvalue weighted by molar-refractivity contribution is 7.09. The fraction of sp³-hybridized carbons (Fsp3) is 0.526. The number of carboxylic acids is 1. The summed E-state index contributed by atoms with van der Waals surface area (Å²) in [5.74, 6) is -2.57. The van der Waals surface area contributed by atoms with E-state index < -0.39 is 12.1 Å². The number of halogens is 3. The average molecular weight is 460 g/mol. The van der Waals surface area contributed by atoms with Gasteiger partial charge in [-0.2, -0.15) is 18.3 Å². The van der Waals surface area contributed by atoms with Gasteiger partial charge in [-0.3, -0.25) is 14.4 Å². The van der Waals surface area contributed by atoms with Gasteiger partial charge in [-0.1, -0.05) is 6.07 Å². The second-order valence-electron chi connectivity index (χ2n) is 7.19. The van der Waals surface area contributed by atoms with Gasteiger partial charge in [0.25, 0.3) is 0 Å². The van der Waals surface area contributed by atoms with E-state index in [0.717, 1.165) is 19.6 Å². The van der Waals surface area contributed by atoms with Crippen molar-refractivity contribution < 1.29 is 32.6 Å². The van der Waals surface area contributed by atoms with Crippen LogP contribution in [0, 0.1) is 5.92 Å². The van der Waals surface area contributed by atoms with E-state index in [1.807, 2.05) is 15.8 Å². The van der Waals surface area contributed by atoms with Crippen LogP contribution in [0.1, 0.15) is 10.6 Å². The molecule has 0 aromatic carbocycles. The molecule has 0 spiro atoms. The zero-order valence-corrected chi connectivity index (χ0v) is 17.4. The Balaban J connectivity index is 0.000000339. The predicted molar refractivity (Wildman–Crippen MR) is 105 cm³/mol. The van der Waals surface area contributed by atoms with Crippen molar-refractivity contribution in [3.8, 4) is 0 Å². The average Bonchev–Trinajstić information content (AvgIpc) is 3.36. The first-order chi connectivity index (χ1) is 14.7.